The monoisotopic (exact) mass is 311 g/mol. The van der Waals surface area contributed by atoms with Crippen molar-refractivity contribution in [3.8, 4) is 0 Å². The molecule has 2 aromatic rings. The Morgan fingerprint density at radius 2 is 2.00 bits per heavy atom. The second kappa shape index (κ2) is 6.64. The molecule has 0 aliphatic heterocycles. The van der Waals surface area contributed by atoms with Gasteiger partial charge >= 0.3 is 0 Å². The number of rotatable bonds is 4. The zero-order valence-electron chi connectivity index (χ0n) is 13.5. The number of hydrogen-bond acceptors (Lipinski definition) is 4. The molecular formula is C17H21N5O. The van der Waals surface area contributed by atoms with Crippen LogP contribution in [-0.4, -0.2) is 36.4 Å². The summed E-state index contributed by atoms with van der Waals surface area (Å²) in [6.45, 7) is 0. The second-order valence-electron chi connectivity index (χ2n) is 5.92. The molecule has 0 radical (unpaired) electrons. The molecule has 3 rings (SSSR count). The molecule has 1 aromatic carbocycles. The van der Waals surface area contributed by atoms with E-state index in [2.05, 4.69) is 20.7 Å². The van der Waals surface area contributed by atoms with Crippen molar-refractivity contribution in [1.82, 2.24) is 15.6 Å². The van der Waals surface area contributed by atoms with E-state index in [1.165, 1.54) is 0 Å². The highest BCUT2D eigenvalue weighted by Crippen LogP contribution is 2.21. The van der Waals surface area contributed by atoms with Crippen molar-refractivity contribution in [2.24, 2.45) is 5.10 Å². The van der Waals surface area contributed by atoms with Gasteiger partial charge in [-0.05, 0) is 43.4 Å². The van der Waals surface area contributed by atoms with Crippen LogP contribution in [0.1, 0.15) is 40.2 Å². The first kappa shape index (κ1) is 15.3. The summed E-state index contributed by atoms with van der Waals surface area (Å²) in [5.41, 5.74) is 7.21. The lowest BCUT2D eigenvalue weighted by atomic mass is 9.96. The molecule has 0 bridgehead atoms. The zero-order chi connectivity index (χ0) is 16.2. The predicted molar refractivity (Wildman–Crippen MR) is 91.1 cm³/mol. The van der Waals surface area contributed by atoms with Gasteiger partial charge in [0.25, 0.3) is 5.91 Å². The third-order valence-corrected chi connectivity index (χ3v) is 4.06. The van der Waals surface area contributed by atoms with Crippen LogP contribution in [0.3, 0.4) is 0 Å². The highest BCUT2D eigenvalue weighted by Gasteiger charge is 2.21. The lowest BCUT2D eigenvalue weighted by Crippen LogP contribution is -2.20. The van der Waals surface area contributed by atoms with Crippen LogP contribution in [0.5, 0.6) is 0 Å². The Kier molecular flexibility index (Phi) is 4.41. The number of H-pyrrole nitrogens is 1. The molecule has 1 aliphatic carbocycles. The molecule has 1 heterocycles. The van der Waals surface area contributed by atoms with Crippen molar-refractivity contribution >= 4 is 17.8 Å². The van der Waals surface area contributed by atoms with Gasteiger partial charge in [0.2, 0.25) is 0 Å². The minimum absolute atomic E-state index is 0.259. The van der Waals surface area contributed by atoms with Crippen molar-refractivity contribution < 1.29 is 4.79 Å². The summed E-state index contributed by atoms with van der Waals surface area (Å²) in [6.07, 6.45) is 5.77. The van der Waals surface area contributed by atoms with Gasteiger partial charge < -0.3 is 4.90 Å². The largest absolute Gasteiger partial charge is 0.378 e. The van der Waals surface area contributed by atoms with E-state index in [1.807, 2.05) is 43.3 Å². The molecule has 2 N–H and O–H groups in total. The lowest BCUT2D eigenvalue weighted by molar-refractivity contribution is 0.0949. The van der Waals surface area contributed by atoms with E-state index >= 15 is 0 Å². The van der Waals surface area contributed by atoms with E-state index in [4.69, 9.17) is 0 Å². The minimum Gasteiger partial charge on any atom is -0.378 e. The third kappa shape index (κ3) is 3.41. The smallest absolute Gasteiger partial charge is 0.292 e. The molecule has 0 atom stereocenters. The number of nitrogens with zero attached hydrogens (tertiary/aromatic N) is 3. The number of amides is 1. The third-order valence-electron chi connectivity index (χ3n) is 4.06. The van der Waals surface area contributed by atoms with Gasteiger partial charge in [-0.15, -0.1) is 0 Å². The van der Waals surface area contributed by atoms with Gasteiger partial charge in [-0.2, -0.15) is 10.2 Å². The molecule has 6 heteroatoms. The molecule has 0 spiro atoms. The Morgan fingerprint density at radius 1 is 1.26 bits per heavy atom. The van der Waals surface area contributed by atoms with Crippen molar-refractivity contribution in [3.05, 3.63) is 46.8 Å². The number of aromatic nitrogens is 2. The number of anilines is 1. The molecule has 0 unspecified atom stereocenters. The van der Waals surface area contributed by atoms with Crippen LogP contribution in [0.15, 0.2) is 29.4 Å². The molecule has 0 fully saturated rings. The summed E-state index contributed by atoms with van der Waals surface area (Å²) < 4.78 is 0. The average Bonchev–Trinajstić information content (AvgIpc) is 2.99. The molecule has 1 aromatic heterocycles. The van der Waals surface area contributed by atoms with Gasteiger partial charge in [-0.3, -0.25) is 9.89 Å². The van der Waals surface area contributed by atoms with E-state index in [9.17, 15) is 4.79 Å². The van der Waals surface area contributed by atoms with Gasteiger partial charge in [0.15, 0.2) is 5.69 Å². The van der Waals surface area contributed by atoms with Crippen LogP contribution in [0, 0.1) is 0 Å². The first-order valence-corrected chi connectivity index (χ1v) is 7.82. The molecule has 0 saturated heterocycles. The molecule has 1 aliphatic rings. The second-order valence-corrected chi connectivity index (χ2v) is 5.92. The Morgan fingerprint density at radius 3 is 2.74 bits per heavy atom. The average molecular weight is 311 g/mol. The summed E-state index contributed by atoms with van der Waals surface area (Å²) in [5, 5.41) is 11.1. The van der Waals surface area contributed by atoms with Gasteiger partial charge in [0.05, 0.1) is 6.21 Å². The molecular weight excluding hydrogens is 290 g/mol. The van der Waals surface area contributed by atoms with Crippen LogP contribution in [-0.2, 0) is 12.8 Å². The number of hydrazone groups is 1. The van der Waals surface area contributed by atoms with Crippen LogP contribution >= 0.6 is 0 Å². The van der Waals surface area contributed by atoms with E-state index in [0.29, 0.717) is 5.69 Å². The van der Waals surface area contributed by atoms with E-state index in [-0.39, 0.29) is 5.91 Å². The van der Waals surface area contributed by atoms with Gasteiger partial charge in [0, 0.05) is 31.0 Å². The van der Waals surface area contributed by atoms with Gasteiger partial charge in [-0.1, -0.05) is 12.1 Å². The minimum atomic E-state index is -0.259. The van der Waals surface area contributed by atoms with Crippen molar-refractivity contribution in [3.63, 3.8) is 0 Å². The number of carbonyl (C=O) groups excluding carboxylic acids is 1. The van der Waals surface area contributed by atoms with Crippen LogP contribution in [0.4, 0.5) is 5.69 Å². The number of aromatic amines is 1. The van der Waals surface area contributed by atoms with E-state index in [0.717, 1.165) is 48.2 Å². The van der Waals surface area contributed by atoms with Crippen LogP contribution in [0.25, 0.3) is 0 Å². The topological polar surface area (TPSA) is 73.4 Å². The number of aryl methyl sites for hydroxylation is 1. The maximum atomic E-state index is 12.2. The summed E-state index contributed by atoms with van der Waals surface area (Å²) >= 11 is 0. The first-order chi connectivity index (χ1) is 11.1. The molecule has 6 nitrogen and oxygen atoms in total. The Hall–Kier alpha value is -2.63. The van der Waals surface area contributed by atoms with E-state index < -0.39 is 0 Å². The molecule has 120 valence electrons. The van der Waals surface area contributed by atoms with Crippen LogP contribution < -0.4 is 10.3 Å². The summed E-state index contributed by atoms with van der Waals surface area (Å²) in [6, 6.07) is 7.93. The summed E-state index contributed by atoms with van der Waals surface area (Å²) in [4.78, 5) is 14.2. The maximum absolute atomic E-state index is 12.2. The highest BCUT2D eigenvalue weighted by atomic mass is 16.2. The van der Waals surface area contributed by atoms with E-state index in [1.54, 1.807) is 6.21 Å². The number of carbonyl (C=O) groups is 1. The van der Waals surface area contributed by atoms with Gasteiger partial charge in [0.1, 0.15) is 0 Å². The highest BCUT2D eigenvalue weighted by molar-refractivity contribution is 5.94. The SMILES string of the molecule is CN(C)c1ccc(/C=N/NC(=O)c2n[nH]c3c2CCCC3)cc1. The molecule has 0 saturated carbocycles. The van der Waals surface area contributed by atoms with Crippen LogP contribution in [0.2, 0.25) is 0 Å². The number of fused-ring (bicyclic) bond motifs is 1. The maximum Gasteiger partial charge on any atom is 0.292 e. The fraction of sp³-hybridized carbons (Fsp3) is 0.353. The fourth-order valence-corrected chi connectivity index (χ4v) is 2.75. The van der Waals surface area contributed by atoms with Crippen molar-refractivity contribution in [2.75, 3.05) is 19.0 Å². The van der Waals surface area contributed by atoms with Gasteiger partial charge in [-0.25, -0.2) is 5.43 Å². The Bertz CT molecular complexity index is 715. The number of hydrogen-bond donors (Lipinski definition) is 2. The fourth-order valence-electron chi connectivity index (χ4n) is 2.75. The zero-order valence-corrected chi connectivity index (χ0v) is 13.5. The quantitative estimate of drug-likeness (QED) is 0.671. The summed E-state index contributed by atoms with van der Waals surface area (Å²) in [7, 11) is 3.99. The lowest BCUT2D eigenvalue weighted by Gasteiger charge is -2.11. The summed E-state index contributed by atoms with van der Waals surface area (Å²) in [5.74, 6) is -0.259. The Labute approximate surface area is 135 Å². The number of nitrogens with one attached hydrogen (secondary N) is 2. The predicted octanol–water partition coefficient (Wildman–Crippen LogP) is 2.12. The normalized spacial score (nSPS) is 13.8. The standard InChI is InChI=1S/C17H21N5O/c1-22(2)13-9-7-12(8-10-13)11-18-21-17(23)16-14-5-3-4-6-15(14)19-20-16/h7-11H,3-6H2,1-2H3,(H,19,20)(H,21,23)/b18-11+. The molecule has 23 heavy (non-hydrogen) atoms. The number of benzene rings is 1. The molecule has 1 amide bonds. The van der Waals surface area contributed by atoms with Crippen molar-refractivity contribution in [1.29, 1.82) is 0 Å². The first-order valence-electron chi connectivity index (χ1n) is 7.82. The Balaban J connectivity index is 1.63. The van der Waals surface area contributed by atoms with Crippen molar-refractivity contribution in [2.45, 2.75) is 25.7 Å².